The van der Waals surface area contributed by atoms with Gasteiger partial charge in [0.2, 0.25) is 0 Å². The molecule has 0 fully saturated rings. The minimum atomic E-state index is -5.03. The van der Waals surface area contributed by atoms with Crippen LogP contribution in [0.25, 0.3) is 0 Å². The van der Waals surface area contributed by atoms with Crippen LogP contribution in [0.5, 0.6) is 0 Å². The fraction of sp³-hybridized carbons (Fsp3) is 0.333. The van der Waals surface area contributed by atoms with E-state index >= 15 is 0 Å². The highest BCUT2D eigenvalue weighted by Gasteiger charge is 2.39. The average molecular weight is 310 g/mol. The summed E-state index contributed by atoms with van der Waals surface area (Å²) in [5.41, 5.74) is 0.489. The Morgan fingerprint density at radius 3 is 2.40 bits per heavy atom. The Labute approximate surface area is 117 Å². The summed E-state index contributed by atoms with van der Waals surface area (Å²) in [5.74, 6) is -4.67. The molecule has 0 aromatic heterocycles. The second-order valence-corrected chi connectivity index (χ2v) is 4.45. The van der Waals surface area contributed by atoms with E-state index in [9.17, 15) is 22.8 Å². The van der Waals surface area contributed by atoms with Gasteiger partial charge in [-0.3, -0.25) is 9.59 Å². The van der Waals surface area contributed by atoms with Gasteiger partial charge in [0, 0.05) is 11.6 Å². The van der Waals surface area contributed by atoms with E-state index in [1.807, 2.05) is 0 Å². The van der Waals surface area contributed by atoms with Gasteiger partial charge >= 0.3 is 18.1 Å². The number of nitrogens with one attached hydrogen (secondary N) is 1. The molecule has 0 saturated carbocycles. The van der Waals surface area contributed by atoms with Crippen molar-refractivity contribution in [2.45, 2.75) is 12.6 Å². The third-order valence-corrected chi connectivity index (χ3v) is 2.91. The van der Waals surface area contributed by atoms with Crippen molar-refractivity contribution in [3.8, 4) is 0 Å². The van der Waals surface area contributed by atoms with Crippen LogP contribution in [0.2, 0.25) is 5.02 Å². The summed E-state index contributed by atoms with van der Waals surface area (Å²) in [6.07, 6.45) is -5.11. The quantitative estimate of drug-likeness (QED) is 0.877. The molecule has 1 aromatic rings. The second-order valence-electron chi connectivity index (χ2n) is 4.04. The molecule has 0 aliphatic carbocycles. The third kappa shape index (κ3) is 4.73. The van der Waals surface area contributed by atoms with Crippen molar-refractivity contribution in [3.05, 3.63) is 34.9 Å². The monoisotopic (exact) mass is 309 g/mol. The topological polar surface area (TPSA) is 66.4 Å². The van der Waals surface area contributed by atoms with Crippen LogP contribution in [-0.4, -0.2) is 29.7 Å². The van der Waals surface area contributed by atoms with Gasteiger partial charge in [-0.05, 0) is 18.1 Å². The number of carboxylic acid groups (broad SMARTS) is 1. The van der Waals surface area contributed by atoms with Crippen LogP contribution in [0.3, 0.4) is 0 Å². The lowest BCUT2D eigenvalue weighted by molar-refractivity contribution is -0.174. The van der Waals surface area contributed by atoms with Crippen LogP contribution in [0.1, 0.15) is 5.56 Å². The lowest BCUT2D eigenvalue weighted by Crippen LogP contribution is -2.41. The minimum absolute atomic E-state index is 0.0762. The van der Waals surface area contributed by atoms with Gasteiger partial charge in [-0.25, -0.2) is 0 Å². The molecule has 0 spiro atoms. The van der Waals surface area contributed by atoms with E-state index in [0.29, 0.717) is 10.6 Å². The Morgan fingerprint density at radius 2 is 1.90 bits per heavy atom. The van der Waals surface area contributed by atoms with Crippen LogP contribution >= 0.6 is 11.6 Å². The van der Waals surface area contributed by atoms with Gasteiger partial charge in [0.05, 0.1) is 5.92 Å². The van der Waals surface area contributed by atoms with Crippen molar-refractivity contribution in [1.82, 2.24) is 5.32 Å². The maximum atomic E-state index is 12.0. The summed E-state index contributed by atoms with van der Waals surface area (Å²) in [6.45, 7) is -0.626. The lowest BCUT2D eigenvalue weighted by atomic mass is 9.99. The molecular weight excluding hydrogens is 299 g/mol. The number of rotatable bonds is 5. The summed E-state index contributed by atoms with van der Waals surface area (Å²) in [4.78, 5) is 21.7. The van der Waals surface area contributed by atoms with Crippen molar-refractivity contribution in [2.75, 3.05) is 6.54 Å². The Balaban J connectivity index is 2.70. The predicted molar refractivity (Wildman–Crippen MR) is 65.3 cm³/mol. The van der Waals surface area contributed by atoms with Gasteiger partial charge in [-0.2, -0.15) is 13.2 Å². The van der Waals surface area contributed by atoms with Gasteiger partial charge < -0.3 is 10.4 Å². The molecule has 0 bridgehead atoms. The third-order valence-electron chi connectivity index (χ3n) is 2.54. The van der Waals surface area contributed by atoms with E-state index in [0.717, 1.165) is 0 Å². The number of halogens is 4. The number of hydrogen-bond donors (Lipinski definition) is 2. The molecule has 2 N–H and O–H groups in total. The highest BCUT2D eigenvalue weighted by atomic mass is 35.5. The van der Waals surface area contributed by atoms with Gasteiger partial charge in [0.15, 0.2) is 0 Å². The number of alkyl halides is 3. The van der Waals surface area contributed by atoms with Gasteiger partial charge in [-0.15, -0.1) is 0 Å². The average Bonchev–Trinajstić information content (AvgIpc) is 2.34. The largest absolute Gasteiger partial charge is 0.481 e. The molecule has 20 heavy (non-hydrogen) atoms. The predicted octanol–water partition coefficient (Wildman–Crippen LogP) is 2.26. The Bertz CT molecular complexity index is 505. The van der Waals surface area contributed by atoms with Crippen molar-refractivity contribution >= 4 is 23.5 Å². The summed E-state index contributed by atoms with van der Waals surface area (Å²) in [5, 5.41) is 10.8. The maximum Gasteiger partial charge on any atom is 0.471 e. The van der Waals surface area contributed by atoms with Crippen molar-refractivity contribution < 1.29 is 27.9 Å². The Morgan fingerprint density at radius 1 is 1.30 bits per heavy atom. The normalized spacial score (nSPS) is 12.8. The summed E-state index contributed by atoms with van der Waals surface area (Å²) < 4.78 is 36.0. The number of carboxylic acids is 1. The molecule has 1 amide bonds. The number of amides is 1. The standard InChI is InChI=1S/C12H11ClF3NO3/c13-9-4-2-1-3-7(9)5-8(10(18)19)6-17-11(20)12(14,15)16/h1-4,8H,5-6H2,(H,17,20)(H,18,19). The number of benzene rings is 1. The van der Waals surface area contributed by atoms with E-state index in [2.05, 4.69) is 0 Å². The SMILES string of the molecule is O=C(O)C(CNC(=O)C(F)(F)F)Cc1ccccc1Cl. The summed E-state index contributed by atoms with van der Waals surface area (Å²) in [7, 11) is 0. The highest BCUT2D eigenvalue weighted by molar-refractivity contribution is 6.31. The number of carbonyl (C=O) groups is 2. The van der Waals surface area contributed by atoms with E-state index in [1.165, 1.54) is 0 Å². The molecule has 0 radical (unpaired) electrons. The Hall–Kier alpha value is -1.76. The van der Waals surface area contributed by atoms with Gasteiger partial charge in [0.1, 0.15) is 0 Å². The number of carbonyl (C=O) groups excluding carboxylic acids is 1. The van der Waals surface area contributed by atoms with E-state index < -0.39 is 30.5 Å². The number of hydrogen-bond acceptors (Lipinski definition) is 2. The van der Waals surface area contributed by atoms with E-state index in [-0.39, 0.29) is 6.42 Å². The molecule has 1 aromatic carbocycles. The molecule has 1 unspecified atom stereocenters. The van der Waals surface area contributed by atoms with Crippen LogP contribution in [-0.2, 0) is 16.0 Å². The smallest absolute Gasteiger partial charge is 0.471 e. The molecule has 0 aliphatic rings. The van der Waals surface area contributed by atoms with Crippen molar-refractivity contribution in [2.24, 2.45) is 5.92 Å². The van der Waals surface area contributed by atoms with Gasteiger partial charge in [-0.1, -0.05) is 29.8 Å². The van der Waals surface area contributed by atoms with Gasteiger partial charge in [0.25, 0.3) is 0 Å². The van der Waals surface area contributed by atoms with E-state index in [1.54, 1.807) is 29.6 Å². The Kier molecular flexibility index (Phi) is 5.38. The van der Waals surface area contributed by atoms with Crippen molar-refractivity contribution in [1.29, 1.82) is 0 Å². The van der Waals surface area contributed by atoms with Crippen molar-refractivity contribution in [3.63, 3.8) is 0 Å². The first-order valence-corrected chi connectivity index (χ1v) is 5.91. The number of aliphatic carboxylic acids is 1. The molecule has 0 saturated heterocycles. The first kappa shape index (κ1) is 16.3. The molecule has 1 atom stereocenters. The maximum absolute atomic E-state index is 12.0. The van der Waals surface area contributed by atoms with E-state index in [4.69, 9.17) is 16.7 Å². The first-order valence-electron chi connectivity index (χ1n) is 5.53. The summed E-state index contributed by atoms with van der Waals surface area (Å²) in [6, 6.07) is 6.40. The molecule has 1 rings (SSSR count). The zero-order valence-corrected chi connectivity index (χ0v) is 10.8. The van der Waals surface area contributed by atoms with Crippen LogP contribution in [0, 0.1) is 5.92 Å². The fourth-order valence-corrected chi connectivity index (χ4v) is 1.71. The van der Waals surface area contributed by atoms with Crippen LogP contribution < -0.4 is 5.32 Å². The fourth-order valence-electron chi connectivity index (χ4n) is 1.49. The zero-order valence-electron chi connectivity index (χ0n) is 10.1. The van der Waals surface area contributed by atoms with Crippen LogP contribution in [0.4, 0.5) is 13.2 Å². The van der Waals surface area contributed by atoms with Crippen LogP contribution in [0.15, 0.2) is 24.3 Å². The summed E-state index contributed by atoms with van der Waals surface area (Å²) >= 11 is 5.85. The minimum Gasteiger partial charge on any atom is -0.481 e. The highest BCUT2D eigenvalue weighted by Crippen LogP contribution is 2.19. The molecule has 110 valence electrons. The molecule has 4 nitrogen and oxygen atoms in total. The first-order chi connectivity index (χ1) is 9.21. The molecule has 0 heterocycles. The molecule has 0 aliphatic heterocycles. The molecule has 8 heteroatoms. The lowest BCUT2D eigenvalue weighted by Gasteiger charge is -2.15. The second kappa shape index (κ2) is 6.60. The molecular formula is C12H11ClF3NO3. The zero-order chi connectivity index (χ0) is 15.3.